The molecule has 158 valence electrons. The number of thiophene rings is 1. The highest BCUT2D eigenvalue weighted by Crippen LogP contribution is 2.20. The van der Waals surface area contributed by atoms with Crippen LogP contribution in [-0.2, 0) is 13.1 Å². The average molecular weight is 417 g/mol. The number of piperidine rings is 1. The van der Waals surface area contributed by atoms with Crippen molar-refractivity contribution in [3.63, 3.8) is 0 Å². The Hall–Kier alpha value is -1.90. The molecule has 4 heterocycles. The molecule has 0 atom stereocenters. The lowest BCUT2D eigenvalue weighted by Crippen LogP contribution is -2.53. The molecule has 29 heavy (non-hydrogen) atoms. The smallest absolute Gasteiger partial charge is 0.193 e. The number of rotatable bonds is 6. The third-order valence-corrected chi connectivity index (χ3v) is 6.84. The van der Waals surface area contributed by atoms with E-state index in [1.165, 1.54) is 30.8 Å². The number of guanidine groups is 1. The molecule has 2 saturated heterocycles. The second-order valence-electron chi connectivity index (χ2n) is 7.98. The van der Waals surface area contributed by atoms with Crippen LogP contribution in [-0.4, -0.2) is 78.7 Å². The Morgan fingerprint density at radius 2 is 1.93 bits per heavy atom. The first-order valence-corrected chi connectivity index (χ1v) is 11.5. The van der Waals surface area contributed by atoms with Crippen molar-refractivity contribution in [1.82, 2.24) is 25.2 Å². The van der Waals surface area contributed by atoms with E-state index in [1.54, 1.807) is 6.26 Å². The maximum Gasteiger partial charge on any atom is 0.193 e. The van der Waals surface area contributed by atoms with Gasteiger partial charge in [-0.1, -0.05) is 11.2 Å². The van der Waals surface area contributed by atoms with Crippen molar-refractivity contribution in [2.45, 2.75) is 25.9 Å². The average Bonchev–Trinajstić information content (AvgIpc) is 3.45. The van der Waals surface area contributed by atoms with Crippen molar-refractivity contribution in [3.05, 3.63) is 40.4 Å². The molecule has 0 unspecified atom stereocenters. The Labute approximate surface area is 177 Å². The fraction of sp³-hybridized carbons (Fsp3) is 0.619. The van der Waals surface area contributed by atoms with Gasteiger partial charge in [-0.25, -0.2) is 0 Å². The zero-order chi connectivity index (χ0) is 19.9. The third kappa shape index (κ3) is 5.81. The number of nitrogens with zero attached hydrogens (tertiary/aromatic N) is 5. The van der Waals surface area contributed by atoms with E-state index < -0.39 is 0 Å². The molecule has 2 aliphatic rings. The van der Waals surface area contributed by atoms with Gasteiger partial charge in [0.1, 0.15) is 6.26 Å². The van der Waals surface area contributed by atoms with E-state index >= 15 is 0 Å². The number of likely N-dealkylation sites (tertiary alicyclic amines) is 1. The van der Waals surface area contributed by atoms with Gasteiger partial charge < -0.3 is 14.7 Å². The molecule has 1 N–H and O–H groups in total. The summed E-state index contributed by atoms with van der Waals surface area (Å²) in [6.45, 7) is 9.43. The summed E-state index contributed by atoms with van der Waals surface area (Å²) in [5.41, 5.74) is 1.01. The molecule has 0 saturated carbocycles. The first-order chi connectivity index (χ1) is 14.3. The van der Waals surface area contributed by atoms with Crippen LogP contribution < -0.4 is 5.32 Å². The Morgan fingerprint density at radius 3 is 2.59 bits per heavy atom. The summed E-state index contributed by atoms with van der Waals surface area (Å²) in [7, 11) is 1.90. The maximum atomic E-state index is 4.94. The Bertz CT molecular complexity index is 731. The molecule has 0 bridgehead atoms. The largest absolute Gasteiger partial charge is 0.364 e. The summed E-state index contributed by atoms with van der Waals surface area (Å²) in [4.78, 5) is 13.4. The van der Waals surface area contributed by atoms with Crippen LogP contribution in [0.4, 0.5) is 0 Å². The van der Waals surface area contributed by atoms with E-state index in [-0.39, 0.29) is 0 Å². The fourth-order valence-corrected chi connectivity index (χ4v) is 4.95. The van der Waals surface area contributed by atoms with Gasteiger partial charge in [0.05, 0.1) is 5.69 Å². The number of piperazine rings is 1. The van der Waals surface area contributed by atoms with Gasteiger partial charge in [-0.05, 0) is 43.3 Å². The van der Waals surface area contributed by atoms with Gasteiger partial charge in [0, 0.05) is 63.8 Å². The van der Waals surface area contributed by atoms with Gasteiger partial charge in [0.25, 0.3) is 0 Å². The number of hydrogen-bond acceptors (Lipinski definition) is 6. The lowest BCUT2D eigenvalue weighted by Gasteiger charge is -2.37. The van der Waals surface area contributed by atoms with Crippen LogP contribution in [0.2, 0.25) is 0 Å². The summed E-state index contributed by atoms with van der Waals surface area (Å²) >= 11 is 1.86. The molecular weight excluding hydrogens is 384 g/mol. The molecule has 4 rings (SSSR count). The summed E-state index contributed by atoms with van der Waals surface area (Å²) in [6, 6.07) is 6.34. The number of nitrogens with one attached hydrogen (secondary N) is 1. The second-order valence-corrected chi connectivity index (χ2v) is 9.01. The molecule has 0 aromatic carbocycles. The maximum absolute atomic E-state index is 4.94. The highest BCUT2D eigenvalue weighted by atomic mass is 32.1. The standard InChI is InChI=1S/C21H32N6OS/c1-22-21(27-11-9-26(10-12-27)16-19-6-13-28-24-19)23-15-18-4-7-25(8-5-18)17-20-3-2-14-29-20/h2-3,6,13-14,18H,4-5,7-12,15-17H2,1H3,(H,22,23). The van der Waals surface area contributed by atoms with E-state index in [0.717, 1.165) is 63.4 Å². The number of aliphatic imine (C=N–C) groups is 1. The normalized spacial score (nSPS) is 20.3. The van der Waals surface area contributed by atoms with Gasteiger partial charge in [0.2, 0.25) is 0 Å². The number of aromatic nitrogens is 1. The van der Waals surface area contributed by atoms with Crippen LogP contribution in [0.3, 0.4) is 0 Å². The molecule has 2 aliphatic heterocycles. The third-order valence-electron chi connectivity index (χ3n) is 5.98. The van der Waals surface area contributed by atoms with Crippen molar-refractivity contribution in [2.24, 2.45) is 10.9 Å². The first-order valence-electron chi connectivity index (χ1n) is 10.6. The monoisotopic (exact) mass is 416 g/mol. The molecule has 8 heteroatoms. The van der Waals surface area contributed by atoms with Crippen molar-refractivity contribution in [3.8, 4) is 0 Å². The van der Waals surface area contributed by atoms with Crippen LogP contribution in [0.15, 0.2) is 39.4 Å². The summed E-state index contributed by atoms with van der Waals surface area (Å²) in [5.74, 6) is 1.78. The molecule has 2 aromatic heterocycles. The minimum Gasteiger partial charge on any atom is -0.364 e. The van der Waals surface area contributed by atoms with Crippen LogP contribution in [0.25, 0.3) is 0 Å². The predicted molar refractivity (Wildman–Crippen MR) is 117 cm³/mol. The molecule has 2 aromatic rings. The van der Waals surface area contributed by atoms with E-state index in [4.69, 9.17) is 4.52 Å². The minimum atomic E-state index is 0.736. The molecule has 2 fully saturated rings. The summed E-state index contributed by atoms with van der Waals surface area (Å²) in [6.07, 6.45) is 4.17. The molecule has 0 amide bonds. The predicted octanol–water partition coefficient (Wildman–Crippen LogP) is 2.34. The zero-order valence-electron chi connectivity index (χ0n) is 17.3. The molecule has 7 nitrogen and oxygen atoms in total. The highest BCUT2D eigenvalue weighted by Gasteiger charge is 2.23. The first kappa shape index (κ1) is 20.4. The zero-order valence-corrected chi connectivity index (χ0v) is 18.1. The highest BCUT2D eigenvalue weighted by molar-refractivity contribution is 7.09. The van der Waals surface area contributed by atoms with Gasteiger partial charge in [-0.15, -0.1) is 11.3 Å². The van der Waals surface area contributed by atoms with Crippen LogP contribution in [0.5, 0.6) is 0 Å². The fourth-order valence-electron chi connectivity index (χ4n) is 4.21. The van der Waals surface area contributed by atoms with Crippen molar-refractivity contribution < 1.29 is 4.52 Å². The molecular formula is C21H32N6OS. The van der Waals surface area contributed by atoms with Crippen LogP contribution >= 0.6 is 11.3 Å². The number of hydrogen-bond donors (Lipinski definition) is 1. The van der Waals surface area contributed by atoms with E-state index in [9.17, 15) is 0 Å². The summed E-state index contributed by atoms with van der Waals surface area (Å²) < 4.78 is 4.94. The Balaban J connectivity index is 1.16. The minimum absolute atomic E-state index is 0.736. The lowest BCUT2D eigenvalue weighted by molar-refractivity contribution is 0.165. The van der Waals surface area contributed by atoms with E-state index in [1.807, 2.05) is 24.5 Å². The van der Waals surface area contributed by atoms with Crippen molar-refractivity contribution in [2.75, 3.05) is 52.9 Å². The summed E-state index contributed by atoms with van der Waals surface area (Å²) in [5, 5.41) is 9.83. The topological polar surface area (TPSA) is 60.1 Å². The Morgan fingerprint density at radius 1 is 1.14 bits per heavy atom. The van der Waals surface area contributed by atoms with Gasteiger partial charge in [0.15, 0.2) is 5.96 Å². The SMILES string of the molecule is CN=C(NCC1CCN(Cc2cccs2)CC1)N1CCN(Cc2ccon2)CC1. The second kappa shape index (κ2) is 10.2. The van der Waals surface area contributed by atoms with E-state index in [0.29, 0.717) is 0 Å². The van der Waals surface area contributed by atoms with E-state index in [2.05, 4.69) is 47.7 Å². The van der Waals surface area contributed by atoms with Crippen molar-refractivity contribution in [1.29, 1.82) is 0 Å². The van der Waals surface area contributed by atoms with Gasteiger partial charge >= 0.3 is 0 Å². The molecule has 0 spiro atoms. The van der Waals surface area contributed by atoms with Gasteiger partial charge in [-0.2, -0.15) is 0 Å². The molecule has 0 aliphatic carbocycles. The molecule has 0 radical (unpaired) electrons. The van der Waals surface area contributed by atoms with Crippen LogP contribution in [0, 0.1) is 5.92 Å². The van der Waals surface area contributed by atoms with Crippen LogP contribution in [0.1, 0.15) is 23.4 Å². The van der Waals surface area contributed by atoms with Gasteiger partial charge in [-0.3, -0.25) is 14.8 Å². The Kier molecular flexibility index (Phi) is 7.18. The van der Waals surface area contributed by atoms with Crippen molar-refractivity contribution >= 4 is 17.3 Å². The lowest BCUT2D eigenvalue weighted by atomic mass is 9.97. The quantitative estimate of drug-likeness (QED) is 0.576.